The Labute approximate surface area is 125 Å². The van der Waals surface area contributed by atoms with Gasteiger partial charge in [-0.15, -0.1) is 0 Å². The summed E-state index contributed by atoms with van der Waals surface area (Å²) < 4.78 is 27.3. The first-order valence-corrected chi connectivity index (χ1v) is 8.82. The fourth-order valence-corrected chi connectivity index (χ4v) is 2.31. The highest BCUT2D eigenvalue weighted by atomic mass is 32.2. The molecule has 118 valence electrons. The number of urea groups is 1. The lowest BCUT2D eigenvalue weighted by Crippen LogP contribution is -2.38. The van der Waals surface area contributed by atoms with Crippen LogP contribution < -0.4 is 15.4 Å². The van der Waals surface area contributed by atoms with Crippen molar-refractivity contribution in [2.75, 3.05) is 31.7 Å². The predicted molar refractivity (Wildman–Crippen MR) is 82.4 cm³/mol. The van der Waals surface area contributed by atoms with Gasteiger partial charge in [0.25, 0.3) is 0 Å². The topological polar surface area (TPSA) is 84.5 Å². The van der Waals surface area contributed by atoms with Crippen molar-refractivity contribution in [3.05, 3.63) is 29.8 Å². The van der Waals surface area contributed by atoms with Gasteiger partial charge in [-0.1, -0.05) is 12.1 Å². The highest BCUT2D eigenvalue weighted by Gasteiger charge is 2.03. The number of carbonyl (C=O) groups is 1. The average molecular weight is 314 g/mol. The Morgan fingerprint density at radius 2 is 1.95 bits per heavy atom. The minimum atomic E-state index is -2.97. The number of hydrogen-bond acceptors (Lipinski definition) is 4. The minimum Gasteiger partial charge on any atom is -0.492 e. The van der Waals surface area contributed by atoms with Gasteiger partial charge in [-0.3, -0.25) is 0 Å². The van der Waals surface area contributed by atoms with Gasteiger partial charge in [0.1, 0.15) is 22.2 Å². The van der Waals surface area contributed by atoms with E-state index in [0.29, 0.717) is 26.1 Å². The second kappa shape index (κ2) is 8.51. The number of nitrogens with one attached hydrogen (secondary N) is 2. The van der Waals surface area contributed by atoms with E-state index in [1.807, 2.05) is 31.2 Å². The Balaban J connectivity index is 2.08. The number of amides is 2. The third-order valence-corrected chi connectivity index (χ3v) is 3.65. The second-order valence-corrected chi connectivity index (χ2v) is 7.09. The van der Waals surface area contributed by atoms with E-state index in [9.17, 15) is 13.2 Å². The summed E-state index contributed by atoms with van der Waals surface area (Å²) in [5, 5.41) is 5.23. The first-order chi connectivity index (χ1) is 9.87. The smallest absolute Gasteiger partial charge is 0.314 e. The number of ether oxygens (including phenoxy) is 1. The highest BCUT2D eigenvalue weighted by molar-refractivity contribution is 7.90. The zero-order valence-corrected chi connectivity index (χ0v) is 13.2. The third kappa shape index (κ3) is 8.91. The van der Waals surface area contributed by atoms with Crippen molar-refractivity contribution in [1.82, 2.24) is 10.6 Å². The molecular formula is C14H22N2O4S. The van der Waals surface area contributed by atoms with E-state index in [2.05, 4.69) is 10.6 Å². The largest absolute Gasteiger partial charge is 0.492 e. The molecule has 0 spiro atoms. The lowest BCUT2D eigenvalue weighted by molar-refractivity contribution is 0.236. The van der Waals surface area contributed by atoms with Crippen molar-refractivity contribution in [1.29, 1.82) is 0 Å². The van der Waals surface area contributed by atoms with Crippen molar-refractivity contribution in [2.45, 2.75) is 13.3 Å². The zero-order valence-electron chi connectivity index (χ0n) is 12.4. The maximum absolute atomic E-state index is 11.4. The van der Waals surface area contributed by atoms with Crippen molar-refractivity contribution in [3.8, 4) is 5.75 Å². The van der Waals surface area contributed by atoms with Gasteiger partial charge in [-0.2, -0.15) is 0 Å². The molecule has 0 bridgehead atoms. The molecule has 0 aromatic heterocycles. The van der Waals surface area contributed by atoms with Crippen molar-refractivity contribution in [3.63, 3.8) is 0 Å². The summed E-state index contributed by atoms with van der Waals surface area (Å²) in [6, 6.07) is 7.35. The Hall–Kier alpha value is -1.76. The molecule has 0 saturated heterocycles. The quantitative estimate of drug-likeness (QED) is 0.704. The van der Waals surface area contributed by atoms with Crippen molar-refractivity contribution < 1.29 is 17.9 Å². The van der Waals surface area contributed by atoms with Crippen molar-refractivity contribution >= 4 is 15.9 Å². The number of rotatable bonds is 8. The Morgan fingerprint density at radius 1 is 1.24 bits per heavy atom. The van der Waals surface area contributed by atoms with Crippen molar-refractivity contribution in [2.24, 2.45) is 0 Å². The normalized spacial score (nSPS) is 11.0. The van der Waals surface area contributed by atoms with E-state index in [0.717, 1.165) is 11.3 Å². The van der Waals surface area contributed by atoms with Gasteiger partial charge in [0.15, 0.2) is 0 Å². The number of sulfone groups is 1. The predicted octanol–water partition coefficient (Wildman–Crippen LogP) is 1.11. The van der Waals surface area contributed by atoms with Crippen LogP contribution in [0.25, 0.3) is 0 Å². The number of hydrogen-bond donors (Lipinski definition) is 2. The summed E-state index contributed by atoms with van der Waals surface area (Å²) >= 11 is 0. The fraction of sp³-hybridized carbons (Fsp3) is 0.500. The van der Waals surface area contributed by atoms with Gasteiger partial charge in [-0.25, -0.2) is 13.2 Å². The zero-order chi connectivity index (χ0) is 15.7. The van der Waals surface area contributed by atoms with Crippen LogP contribution in [0.3, 0.4) is 0 Å². The van der Waals surface area contributed by atoms with Crippen LogP contribution in [0.15, 0.2) is 24.3 Å². The van der Waals surface area contributed by atoms with E-state index >= 15 is 0 Å². The summed E-state index contributed by atoms with van der Waals surface area (Å²) in [4.78, 5) is 11.4. The van der Waals surface area contributed by atoms with E-state index < -0.39 is 9.84 Å². The molecule has 6 nitrogen and oxygen atoms in total. The molecule has 0 saturated carbocycles. The molecule has 0 atom stereocenters. The van der Waals surface area contributed by atoms with Gasteiger partial charge in [0.2, 0.25) is 0 Å². The highest BCUT2D eigenvalue weighted by Crippen LogP contribution is 2.11. The van der Waals surface area contributed by atoms with Crippen LogP contribution in [0.2, 0.25) is 0 Å². The molecule has 0 unspecified atom stereocenters. The standard InChI is InChI=1S/C14H22N2O4S/c1-12-5-3-6-13(11-12)20-9-8-16-14(17)15-7-4-10-21(2,18)19/h3,5-6,11H,4,7-10H2,1-2H3,(H2,15,16,17). The number of aryl methyl sites for hydroxylation is 1. The van der Waals surface area contributed by atoms with Crippen LogP contribution in [-0.4, -0.2) is 46.2 Å². The van der Waals surface area contributed by atoms with Gasteiger partial charge < -0.3 is 15.4 Å². The van der Waals surface area contributed by atoms with Gasteiger partial charge in [0, 0.05) is 12.8 Å². The summed E-state index contributed by atoms with van der Waals surface area (Å²) in [5.74, 6) is 0.842. The summed E-state index contributed by atoms with van der Waals surface area (Å²) in [6.07, 6.45) is 1.59. The Kier molecular flexibility index (Phi) is 7.01. The molecule has 0 aliphatic heterocycles. The molecule has 0 fully saturated rings. The van der Waals surface area contributed by atoms with Crippen LogP contribution in [0, 0.1) is 6.92 Å². The lowest BCUT2D eigenvalue weighted by Gasteiger charge is -2.09. The van der Waals surface area contributed by atoms with Gasteiger partial charge in [0.05, 0.1) is 12.3 Å². The molecule has 0 radical (unpaired) electrons. The molecule has 0 aliphatic rings. The van der Waals surface area contributed by atoms with Crippen LogP contribution in [-0.2, 0) is 9.84 Å². The fourth-order valence-electron chi connectivity index (χ4n) is 1.64. The Bertz CT molecular complexity index is 558. The SMILES string of the molecule is Cc1cccc(OCCNC(=O)NCCCS(C)(=O)=O)c1. The molecule has 1 aromatic rings. The summed E-state index contributed by atoms with van der Waals surface area (Å²) in [7, 11) is -2.97. The van der Waals surface area contributed by atoms with E-state index in [-0.39, 0.29) is 11.8 Å². The van der Waals surface area contributed by atoms with Gasteiger partial charge >= 0.3 is 6.03 Å². The van der Waals surface area contributed by atoms with Crippen LogP contribution in [0.5, 0.6) is 5.75 Å². The molecule has 1 aromatic carbocycles. The van der Waals surface area contributed by atoms with Gasteiger partial charge in [-0.05, 0) is 31.0 Å². The van der Waals surface area contributed by atoms with Crippen LogP contribution >= 0.6 is 0 Å². The maximum Gasteiger partial charge on any atom is 0.314 e. The first-order valence-electron chi connectivity index (χ1n) is 6.76. The number of benzene rings is 1. The lowest BCUT2D eigenvalue weighted by atomic mass is 10.2. The molecule has 2 amide bonds. The average Bonchev–Trinajstić information content (AvgIpc) is 2.39. The minimum absolute atomic E-state index is 0.0732. The first kappa shape index (κ1) is 17.3. The second-order valence-electron chi connectivity index (χ2n) is 4.83. The van der Waals surface area contributed by atoms with E-state index in [4.69, 9.17) is 4.74 Å². The maximum atomic E-state index is 11.4. The summed E-state index contributed by atoms with van der Waals surface area (Å²) in [6.45, 7) is 3.07. The van der Waals surface area contributed by atoms with E-state index in [1.54, 1.807) is 0 Å². The third-order valence-electron chi connectivity index (χ3n) is 2.62. The molecule has 0 aliphatic carbocycles. The number of carbonyl (C=O) groups excluding carboxylic acids is 1. The molecule has 1 rings (SSSR count). The molecule has 21 heavy (non-hydrogen) atoms. The molecule has 0 heterocycles. The molecule has 2 N–H and O–H groups in total. The Morgan fingerprint density at radius 3 is 2.62 bits per heavy atom. The monoisotopic (exact) mass is 314 g/mol. The summed E-state index contributed by atoms with van der Waals surface area (Å²) in [5.41, 5.74) is 1.11. The van der Waals surface area contributed by atoms with Crippen LogP contribution in [0.4, 0.5) is 4.79 Å². The van der Waals surface area contributed by atoms with E-state index in [1.165, 1.54) is 6.26 Å². The molecule has 7 heteroatoms. The molecular weight excluding hydrogens is 292 g/mol. The van der Waals surface area contributed by atoms with Crippen LogP contribution in [0.1, 0.15) is 12.0 Å².